The summed E-state index contributed by atoms with van der Waals surface area (Å²) in [5, 5.41) is 6.48. The highest BCUT2D eigenvalue weighted by atomic mass is 16.4. The van der Waals surface area contributed by atoms with E-state index in [0.29, 0.717) is 18.4 Å². The van der Waals surface area contributed by atoms with Gasteiger partial charge in [-0.1, -0.05) is 20.8 Å². The molecular formula is C17H26N4O2. The second-order valence-electron chi connectivity index (χ2n) is 6.61. The van der Waals surface area contributed by atoms with Gasteiger partial charge in [0.1, 0.15) is 17.3 Å². The fraction of sp³-hybridized carbons (Fsp3) is 0.529. The van der Waals surface area contributed by atoms with Crippen LogP contribution >= 0.6 is 0 Å². The van der Waals surface area contributed by atoms with Crippen LogP contribution in [-0.2, 0) is 12.0 Å². The van der Waals surface area contributed by atoms with Crippen molar-refractivity contribution in [3.05, 3.63) is 41.5 Å². The van der Waals surface area contributed by atoms with Crippen LogP contribution in [0.25, 0.3) is 0 Å². The average Bonchev–Trinajstić information content (AvgIpc) is 3.11. The molecule has 6 nitrogen and oxygen atoms in total. The Hall–Kier alpha value is -2.24. The summed E-state index contributed by atoms with van der Waals surface area (Å²) in [6.45, 7) is 10.7. The highest BCUT2D eigenvalue weighted by Gasteiger charge is 2.19. The zero-order valence-electron chi connectivity index (χ0n) is 14.7. The molecule has 0 aliphatic carbocycles. The summed E-state index contributed by atoms with van der Waals surface area (Å²) < 4.78 is 11.4. The first kappa shape index (κ1) is 17.1. The second-order valence-corrected chi connectivity index (χ2v) is 6.61. The van der Waals surface area contributed by atoms with Gasteiger partial charge < -0.3 is 19.5 Å². The quantitative estimate of drug-likeness (QED) is 0.668. The summed E-state index contributed by atoms with van der Waals surface area (Å²) in [4.78, 5) is 8.51. The van der Waals surface area contributed by atoms with Crippen LogP contribution < -0.4 is 10.6 Å². The summed E-state index contributed by atoms with van der Waals surface area (Å²) in [6.07, 6.45) is 1.78. The van der Waals surface area contributed by atoms with E-state index in [9.17, 15) is 0 Å². The molecule has 2 aromatic rings. The SMILES string of the molecule is CN=C(NCc1ncc(C(C)(C)C)o1)NC(C)c1ccc(C)o1. The minimum absolute atomic E-state index is 0.0181. The number of oxazole rings is 1. The summed E-state index contributed by atoms with van der Waals surface area (Å²) in [7, 11) is 1.73. The van der Waals surface area contributed by atoms with Crippen molar-refractivity contribution in [1.29, 1.82) is 0 Å². The zero-order valence-corrected chi connectivity index (χ0v) is 14.7. The molecule has 2 N–H and O–H groups in total. The van der Waals surface area contributed by atoms with Crippen LogP contribution in [0.1, 0.15) is 56.9 Å². The fourth-order valence-electron chi connectivity index (χ4n) is 2.06. The molecule has 2 rings (SSSR count). The van der Waals surface area contributed by atoms with Gasteiger partial charge in [-0.2, -0.15) is 0 Å². The lowest BCUT2D eigenvalue weighted by atomic mass is 9.94. The highest BCUT2D eigenvalue weighted by molar-refractivity contribution is 5.79. The molecule has 2 aromatic heterocycles. The maximum absolute atomic E-state index is 5.76. The van der Waals surface area contributed by atoms with Crippen LogP contribution in [-0.4, -0.2) is 18.0 Å². The smallest absolute Gasteiger partial charge is 0.213 e. The largest absolute Gasteiger partial charge is 0.464 e. The van der Waals surface area contributed by atoms with Crippen molar-refractivity contribution < 1.29 is 8.83 Å². The van der Waals surface area contributed by atoms with Gasteiger partial charge in [0.15, 0.2) is 5.96 Å². The summed E-state index contributed by atoms with van der Waals surface area (Å²) in [6, 6.07) is 3.93. The molecule has 2 heterocycles. The van der Waals surface area contributed by atoms with Gasteiger partial charge in [0, 0.05) is 12.5 Å². The minimum Gasteiger partial charge on any atom is -0.464 e. The first-order chi connectivity index (χ1) is 10.8. The summed E-state index contributed by atoms with van der Waals surface area (Å²) >= 11 is 0. The van der Waals surface area contributed by atoms with Gasteiger partial charge in [0.2, 0.25) is 5.89 Å². The molecule has 0 saturated carbocycles. The number of furan rings is 1. The molecular weight excluding hydrogens is 292 g/mol. The van der Waals surface area contributed by atoms with E-state index in [0.717, 1.165) is 17.3 Å². The number of aromatic nitrogens is 1. The second kappa shape index (κ2) is 6.89. The van der Waals surface area contributed by atoms with Crippen LogP contribution in [0, 0.1) is 6.92 Å². The number of nitrogens with zero attached hydrogens (tertiary/aromatic N) is 2. The Kier molecular flexibility index (Phi) is 5.13. The van der Waals surface area contributed by atoms with Gasteiger partial charge in [-0.3, -0.25) is 4.99 Å². The van der Waals surface area contributed by atoms with E-state index in [1.54, 1.807) is 13.2 Å². The number of guanidine groups is 1. The number of hydrogen-bond donors (Lipinski definition) is 2. The Morgan fingerprint density at radius 2 is 2.04 bits per heavy atom. The van der Waals surface area contributed by atoms with Crippen LogP contribution in [0.5, 0.6) is 0 Å². The zero-order chi connectivity index (χ0) is 17.0. The Labute approximate surface area is 137 Å². The van der Waals surface area contributed by atoms with Crippen molar-refractivity contribution in [2.24, 2.45) is 4.99 Å². The molecule has 0 aliphatic heterocycles. The lowest BCUT2D eigenvalue weighted by Crippen LogP contribution is -2.38. The number of rotatable bonds is 4. The first-order valence-electron chi connectivity index (χ1n) is 7.78. The number of aryl methyl sites for hydroxylation is 1. The van der Waals surface area contributed by atoms with Crippen molar-refractivity contribution in [3.8, 4) is 0 Å². The third-order valence-corrected chi connectivity index (χ3v) is 3.46. The van der Waals surface area contributed by atoms with Gasteiger partial charge in [0.05, 0.1) is 18.8 Å². The summed E-state index contributed by atoms with van der Waals surface area (Å²) in [5.41, 5.74) is -0.0448. The number of nitrogens with one attached hydrogen (secondary N) is 2. The monoisotopic (exact) mass is 318 g/mol. The predicted molar refractivity (Wildman–Crippen MR) is 90.4 cm³/mol. The molecule has 6 heteroatoms. The maximum Gasteiger partial charge on any atom is 0.213 e. The molecule has 1 unspecified atom stereocenters. The van der Waals surface area contributed by atoms with Crippen LogP contribution in [0.2, 0.25) is 0 Å². The molecule has 0 aliphatic rings. The Bertz CT molecular complexity index is 664. The molecule has 23 heavy (non-hydrogen) atoms. The highest BCUT2D eigenvalue weighted by Crippen LogP contribution is 2.22. The topological polar surface area (TPSA) is 75.6 Å². The van der Waals surface area contributed by atoms with E-state index in [-0.39, 0.29) is 11.5 Å². The first-order valence-corrected chi connectivity index (χ1v) is 7.78. The third-order valence-electron chi connectivity index (χ3n) is 3.46. The molecule has 0 fully saturated rings. The maximum atomic E-state index is 5.76. The molecule has 126 valence electrons. The van der Waals surface area contributed by atoms with E-state index in [1.165, 1.54) is 0 Å². The van der Waals surface area contributed by atoms with Gasteiger partial charge in [0.25, 0.3) is 0 Å². The number of aliphatic imine (C=N–C) groups is 1. The Morgan fingerprint density at radius 3 is 2.57 bits per heavy atom. The van der Waals surface area contributed by atoms with E-state index in [2.05, 4.69) is 41.4 Å². The molecule has 0 saturated heterocycles. The predicted octanol–water partition coefficient (Wildman–Crippen LogP) is 3.30. The summed E-state index contributed by atoms with van der Waals surface area (Å²) in [5.74, 6) is 3.95. The van der Waals surface area contributed by atoms with Crippen LogP contribution in [0.4, 0.5) is 0 Å². The van der Waals surface area contributed by atoms with Crippen molar-refractivity contribution >= 4 is 5.96 Å². The third kappa shape index (κ3) is 4.61. The minimum atomic E-state index is -0.0448. The van der Waals surface area contributed by atoms with E-state index in [1.807, 2.05) is 26.0 Å². The van der Waals surface area contributed by atoms with Gasteiger partial charge in [-0.05, 0) is 26.0 Å². The molecule has 1 atom stereocenters. The van der Waals surface area contributed by atoms with Gasteiger partial charge in [-0.15, -0.1) is 0 Å². The van der Waals surface area contributed by atoms with E-state index >= 15 is 0 Å². The molecule has 0 spiro atoms. The van der Waals surface area contributed by atoms with Crippen LogP contribution in [0.3, 0.4) is 0 Å². The number of hydrogen-bond acceptors (Lipinski definition) is 4. The standard InChI is InChI=1S/C17H26N4O2/c1-11-7-8-13(22-11)12(2)21-16(18-6)20-10-15-19-9-14(23-15)17(3,4)5/h7-9,12H,10H2,1-6H3,(H2,18,20,21). The molecule has 0 aromatic carbocycles. The molecule has 0 radical (unpaired) electrons. The van der Waals surface area contributed by atoms with Crippen molar-refractivity contribution in [2.75, 3.05) is 7.05 Å². The van der Waals surface area contributed by atoms with Crippen molar-refractivity contribution in [2.45, 2.75) is 52.6 Å². The normalized spacial score (nSPS) is 13.9. The van der Waals surface area contributed by atoms with Crippen molar-refractivity contribution in [3.63, 3.8) is 0 Å². The molecule has 0 amide bonds. The van der Waals surface area contributed by atoms with Crippen LogP contribution in [0.15, 0.2) is 32.2 Å². The Balaban J connectivity index is 1.91. The van der Waals surface area contributed by atoms with Crippen molar-refractivity contribution in [1.82, 2.24) is 15.6 Å². The lowest BCUT2D eigenvalue weighted by Gasteiger charge is -2.16. The lowest BCUT2D eigenvalue weighted by molar-refractivity contribution is 0.379. The fourth-order valence-corrected chi connectivity index (χ4v) is 2.06. The Morgan fingerprint density at radius 1 is 1.30 bits per heavy atom. The average molecular weight is 318 g/mol. The van der Waals surface area contributed by atoms with E-state index < -0.39 is 0 Å². The van der Waals surface area contributed by atoms with Gasteiger partial charge >= 0.3 is 0 Å². The van der Waals surface area contributed by atoms with Gasteiger partial charge in [-0.25, -0.2) is 4.98 Å². The molecule has 0 bridgehead atoms. The van der Waals surface area contributed by atoms with E-state index in [4.69, 9.17) is 8.83 Å².